The number of benzene rings is 3. The Balaban J connectivity index is 2.09. The summed E-state index contributed by atoms with van der Waals surface area (Å²) in [5, 5.41) is 2.94. The van der Waals surface area contributed by atoms with Crippen LogP contribution >= 0.6 is 0 Å². The van der Waals surface area contributed by atoms with Crippen LogP contribution in [0.3, 0.4) is 0 Å². The number of nitrogens with one attached hydrogen (secondary N) is 1. The van der Waals surface area contributed by atoms with E-state index in [1.165, 1.54) is 24.1 Å². The van der Waals surface area contributed by atoms with Gasteiger partial charge >= 0.3 is 0 Å². The van der Waals surface area contributed by atoms with E-state index >= 15 is 0 Å². The van der Waals surface area contributed by atoms with E-state index < -0.39 is 28.5 Å². The number of hydrogen-bond acceptors (Lipinski definition) is 5. The fourth-order valence-electron chi connectivity index (χ4n) is 4.55. The maximum Gasteiger partial charge on any atom is 0.264 e. The minimum atomic E-state index is -4.19. The Hall–Kier alpha value is -3.85. The molecule has 41 heavy (non-hydrogen) atoms. The Labute approximate surface area is 244 Å². The predicted octanol–water partition coefficient (Wildman–Crippen LogP) is 5.23. The van der Waals surface area contributed by atoms with Gasteiger partial charge in [-0.25, -0.2) is 8.42 Å². The highest BCUT2D eigenvalue weighted by Gasteiger charge is 2.34. The SMILES string of the molecule is CCCCNC(=O)C(CC)N(Cc1ccccc1)C(=O)CN(c1cc(C)ccc1OC)S(=O)(=O)c1ccc(C)cc1. The number of carbonyl (C=O) groups is 2. The minimum Gasteiger partial charge on any atom is -0.495 e. The normalized spacial score (nSPS) is 11.9. The topological polar surface area (TPSA) is 96.0 Å². The van der Waals surface area contributed by atoms with Crippen molar-refractivity contribution < 1.29 is 22.7 Å². The molecule has 220 valence electrons. The third kappa shape index (κ3) is 8.10. The van der Waals surface area contributed by atoms with Crippen LogP contribution in [-0.4, -0.2) is 51.4 Å². The molecule has 0 aliphatic carbocycles. The van der Waals surface area contributed by atoms with Crippen molar-refractivity contribution in [3.63, 3.8) is 0 Å². The van der Waals surface area contributed by atoms with Gasteiger partial charge in [-0.3, -0.25) is 13.9 Å². The molecule has 1 unspecified atom stereocenters. The van der Waals surface area contributed by atoms with Crippen LogP contribution in [0.5, 0.6) is 5.75 Å². The zero-order valence-corrected chi connectivity index (χ0v) is 25.4. The van der Waals surface area contributed by atoms with Crippen LogP contribution in [0.2, 0.25) is 0 Å². The van der Waals surface area contributed by atoms with E-state index in [-0.39, 0.29) is 23.0 Å². The second-order valence-corrected chi connectivity index (χ2v) is 11.9. The summed E-state index contributed by atoms with van der Waals surface area (Å²) in [5.41, 5.74) is 2.80. The molecule has 0 aliphatic heterocycles. The first-order valence-electron chi connectivity index (χ1n) is 14.0. The number of nitrogens with zero attached hydrogens (tertiary/aromatic N) is 2. The molecule has 2 amide bonds. The monoisotopic (exact) mass is 579 g/mol. The first-order chi connectivity index (χ1) is 19.6. The molecule has 0 aromatic heterocycles. The molecular formula is C32H41N3O5S. The molecule has 3 rings (SSSR count). The maximum absolute atomic E-state index is 14.2. The standard InChI is InChI=1S/C32H41N3O5S/c1-6-8-20-33-32(37)28(7-2)34(22-26-12-10-9-11-13-26)31(36)23-35(29-21-25(4)16-19-30(29)40-5)41(38,39)27-17-14-24(3)15-18-27/h9-19,21,28H,6-8,20,22-23H2,1-5H3,(H,33,37). The van der Waals surface area contributed by atoms with Crippen molar-refractivity contribution in [2.45, 2.75) is 64.4 Å². The highest BCUT2D eigenvalue weighted by Crippen LogP contribution is 2.34. The lowest BCUT2D eigenvalue weighted by Gasteiger charge is -2.33. The van der Waals surface area contributed by atoms with Gasteiger partial charge in [0.25, 0.3) is 10.0 Å². The molecule has 0 radical (unpaired) electrons. The highest BCUT2D eigenvalue weighted by atomic mass is 32.2. The van der Waals surface area contributed by atoms with E-state index in [4.69, 9.17) is 4.74 Å². The summed E-state index contributed by atoms with van der Waals surface area (Å²) in [6, 6.07) is 20.3. The van der Waals surface area contributed by atoms with Crippen molar-refractivity contribution in [3.8, 4) is 5.75 Å². The predicted molar refractivity (Wildman–Crippen MR) is 162 cm³/mol. The van der Waals surface area contributed by atoms with E-state index in [0.717, 1.165) is 33.8 Å². The molecule has 0 heterocycles. The van der Waals surface area contributed by atoms with Crippen molar-refractivity contribution in [2.75, 3.05) is 24.5 Å². The number of rotatable bonds is 14. The lowest BCUT2D eigenvalue weighted by molar-refractivity contribution is -0.140. The van der Waals surface area contributed by atoms with Crippen molar-refractivity contribution >= 4 is 27.5 Å². The van der Waals surface area contributed by atoms with Gasteiger partial charge in [-0.05, 0) is 62.1 Å². The number of hydrogen-bond donors (Lipinski definition) is 1. The Morgan fingerprint density at radius 2 is 1.59 bits per heavy atom. The van der Waals surface area contributed by atoms with E-state index in [1.54, 1.807) is 24.3 Å². The molecule has 0 spiro atoms. The molecule has 0 saturated carbocycles. The molecule has 3 aromatic rings. The van der Waals surface area contributed by atoms with Gasteiger partial charge in [0.2, 0.25) is 11.8 Å². The van der Waals surface area contributed by atoms with Gasteiger partial charge in [0.1, 0.15) is 18.3 Å². The van der Waals surface area contributed by atoms with Crippen LogP contribution in [0, 0.1) is 13.8 Å². The molecule has 9 heteroatoms. The van der Waals surface area contributed by atoms with Gasteiger partial charge in [-0.15, -0.1) is 0 Å². The van der Waals surface area contributed by atoms with Gasteiger partial charge in [0.15, 0.2) is 0 Å². The number of methoxy groups -OCH3 is 1. The molecule has 1 N–H and O–H groups in total. The molecule has 0 saturated heterocycles. The average Bonchev–Trinajstić information content (AvgIpc) is 2.96. The highest BCUT2D eigenvalue weighted by molar-refractivity contribution is 7.92. The third-order valence-electron chi connectivity index (χ3n) is 6.90. The lowest BCUT2D eigenvalue weighted by Crippen LogP contribution is -2.52. The molecular weight excluding hydrogens is 538 g/mol. The second kappa shape index (κ2) is 14.7. The van der Waals surface area contributed by atoms with Gasteiger partial charge in [-0.2, -0.15) is 0 Å². The molecule has 0 aliphatic rings. The van der Waals surface area contributed by atoms with E-state index in [2.05, 4.69) is 5.32 Å². The minimum absolute atomic E-state index is 0.0541. The maximum atomic E-state index is 14.2. The van der Waals surface area contributed by atoms with Crippen LogP contribution in [0.25, 0.3) is 0 Å². The largest absolute Gasteiger partial charge is 0.495 e. The fourth-order valence-corrected chi connectivity index (χ4v) is 5.97. The van der Waals surface area contributed by atoms with Crippen molar-refractivity contribution in [3.05, 3.63) is 89.5 Å². The third-order valence-corrected chi connectivity index (χ3v) is 8.68. The molecule has 0 bridgehead atoms. The van der Waals surface area contributed by atoms with Crippen LogP contribution in [0.1, 0.15) is 49.8 Å². The van der Waals surface area contributed by atoms with Gasteiger partial charge in [0.05, 0.1) is 17.7 Å². The van der Waals surface area contributed by atoms with E-state index in [1.807, 2.05) is 64.1 Å². The second-order valence-electron chi connectivity index (χ2n) is 10.1. The molecule has 8 nitrogen and oxygen atoms in total. The van der Waals surface area contributed by atoms with Gasteiger partial charge in [0, 0.05) is 13.1 Å². The van der Waals surface area contributed by atoms with Crippen LogP contribution in [0.4, 0.5) is 5.69 Å². The number of anilines is 1. The number of amides is 2. The summed E-state index contributed by atoms with van der Waals surface area (Å²) in [7, 11) is -2.73. The fraction of sp³-hybridized carbons (Fsp3) is 0.375. The first kappa shape index (κ1) is 31.7. The zero-order chi connectivity index (χ0) is 30.0. The van der Waals surface area contributed by atoms with E-state index in [9.17, 15) is 18.0 Å². The van der Waals surface area contributed by atoms with Crippen molar-refractivity contribution in [2.24, 2.45) is 0 Å². The molecule has 3 aromatic carbocycles. The quantitative estimate of drug-likeness (QED) is 0.264. The Morgan fingerprint density at radius 1 is 0.927 bits per heavy atom. The first-order valence-corrected chi connectivity index (χ1v) is 15.4. The molecule has 0 fully saturated rings. The number of carbonyl (C=O) groups excluding carboxylic acids is 2. The molecule has 1 atom stereocenters. The summed E-state index contributed by atoms with van der Waals surface area (Å²) in [5.74, 6) is -0.435. The summed E-state index contributed by atoms with van der Waals surface area (Å²) >= 11 is 0. The van der Waals surface area contributed by atoms with Crippen LogP contribution < -0.4 is 14.4 Å². The summed E-state index contributed by atoms with van der Waals surface area (Å²) in [6.07, 6.45) is 2.12. The number of sulfonamides is 1. The number of ether oxygens (including phenoxy) is 1. The smallest absolute Gasteiger partial charge is 0.264 e. The summed E-state index contributed by atoms with van der Waals surface area (Å²) in [6.45, 7) is 7.76. The van der Waals surface area contributed by atoms with Gasteiger partial charge < -0.3 is 15.0 Å². The van der Waals surface area contributed by atoms with Crippen LogP contribution in [0.15, 0.2) is 77.7 Å². The average molecular weight is 580 g/mol. The van der Waals surface area contributed by atoms with Crippen LogP contribution in [-0.2, 0) is 26.2 Å². The summed E-state index contributed by atoms with van der Waals surface area (Å²) < 4.78 is 34.8. The number of unbranched alkanes of at least 4 members (excludes halogenated alkanes) is 1. The van der Waals surface area contributed by atoms with Gasteiger partial charge in [-0.1, -0.05) is 74.4 Å². The lowest BCUT2D eigenvalue weighted by atomic mass is 10.1. The van der Waals surface area contributed by atoms with Crippen molar-refractivity contribution in [1.82, 2.24) is 10.2 Å². The zero-order valence-electron chi connectivity index (χ0n) is 24.6. The Kier molecular flexibility index (Phi) is 11.3. The Bertz CT molecular complexity index is 1410. The number of aryl methyl sites for hydroxylation is 2. The summed E-state index contributed by atoms with van der Waals surface area (Å²) in [4.78, 5) is 29.0. The Morgan fingerprint density at radius 3 is 2.20 bits per heavy atom. The van der Waals surface area contributed by atoms with Crippen molar-refractivity contribution in [1.29, 1.82) is 0 Å². The van der Waals surface area contributed by atoms with E-state index in [0.29, 0.717) is 18.7 Å².